The first-order chi connectivity index (χ1) is 23.9. The molecule has 0 saturated heterocycles. The van der Waals surface area contributed by atoms with Gasteiger partial charge in [0.25, 0.3) is 0 Å². The lowest BCUT2D eigenvalue weighted by Gasteiger charge is -2.09. The minimum absolute atomic E-state index is 0.201. The van der Waals surface area contributed by atoms with E-state index < -0.39 is 11.9 Å². The number of carbonyl (C=O) groups is 4. The highest BCUT2D eigenvalue weighted by atomic mass is 16.5. The summed E-state index contributed by atoms with van der Waals surface area (Å²) < 4.78 is 26.7. The molecule has 0 N–H and O–H groups in total. The van der Waals surface area contributed by atoms with Gasteiger partial charge in [0.15, 0.2) is 0 Å². The van der Waals surface area contributed by atoms with Crippen LogP contribution in [0.1, 0.15) is 87.4 Å². The van der Waals surface area contributed by atoms with E-state index in [9.17, 15) is 19.2 Å². The molecule has 0 saturated carbocycles. The summed E-state index contributed by atoms with van der Waals surface area (Å²) in [6, 6.07) is 24.4. The quantitative estimate of drug-likeness (QED) is 0.0304. The molecule has 0 unspecified atom stereocenters. The van der Waals surface area contributed by atoms with E-state index >= 15 is 0 Å². The van der Waals surface area contributed by atoms with E-state index in [4.69, 9.17) is 23.7 Å². The Morgan fingerprint density at radius 1 is 0.510 bits per heavy atom. The maximum Gasteiger partial charge on any atom is 0.343 e. The van der Waals surface area contributed by atoms with E-state index in [0.29, 0.717) is 82.0 Å². The lowest BCUT2D eigenvalue weighted by molar-refractivity contribution is -0.145. The van der Waals surface area contributed by atoms with Crippen molar-refractivity contribution in [3.05, 3.63) is 97.1 Å². The number of ether oxygens (including phenoxy) is 5. The first-order valence-corrected chi connectivity index (χ1v) is 17.2. The fourth-order valence-corrected chi connectivity index (χ4v) is 4.79. The Labute approximate surface area is 289 Å². The van der Waals surface area contributed by atoms with Crippen molar-refractivity contribution in [2.45, 2.75) is 77.0 Å². The highest BCUT2D eigenvalue weighted by Crippen LogP contribution is 2.23. The monoisotopic (exact) mass is 672 g/mol. The maximum absolute atomic E-state index is 12.6. The Balaban J connectivity index is 1.12. The molecule has 262 valence electrons. The van der Waals surface area contributed by atoms with Crippen molar-refractivity contribution < 1.29 is 42.9 Å². The zero-order chi connectivity index (χ0) is 34.9. The Kier molecular flexibility index (Phi) is 18.4. The van der Waals surface area contributed by atoms with Gasteiger partial charge in [-0.3, -0.25) is 9.59 Å². The van der Waals surface area contributed by atoms with Gasteiger partial charge in [-0.25, -0.2) is 9.59 Å². The molecule has 0 fully saturated rings. The zero-order valence-electron chi connectivity index (χ0n) is 28.3. The summed E-state index contributed by atoms with van der Waals surface area (Å²) in [5.74, 6) is -0.123. The second kappa shape index (κ2) is 23.4. The fourth-order valence-electron chi connectivity index (χ4n) is 4.79. The van der Waals surface area contributed by atoms with Crippen molar-refractivity contribution in [3.8, 4) is 22.6 Å². The number of benzene rings is 3. The van der Waals surface area contributed by atoms with Crippen molar-refractivity contribution in [1.82, 2.24) is 0 Å². The molecular weight excluding hydrogens is 624 g/mol. The van der Waals surface area contributed by atoms with Crippen LogP contribution in [0.2, 0.25) is 0 Å². The van der Waals surface area contributed by atoms with Crippen LogP contribution in [0.15, 0.2) is 91.5 Å². The number of unbranched alkanes of at least 4 members (excludes halogenated alkanes) is 7. The van der Waals surface area contributed by atoms with Crippen LogP contribution in [-0.2, 0) is 28.6 Å². The Morgan fingerprint density at radius 2 is 1.00 bits per heavy atom. The van der Waals surface area contributed by atoms with Gasteiger partial charge in [0.2, 0.25) is 0 Å². The lowest BCUT2D eigenvalue weighted by atomic mass is 10.1. The number of hydrogen-bond donors (Lipinski definition) is 0. The van der Waals surface area contributed by atoms with Crippen LogP contribution in [0, 0.1) is 0 Å². The predicted molar refractivity (Wildman–Crippen MR) is 187 cm³/mol. The van der Waals surface area contributed by atoms with Crippen molar-refractivity contribution in [1.29, 1.82) is 0 Å². The number of rotatable bonds is 24. The van der Waals surface area contributed by atoms with Crippen LogP contribution in [0.4, 0.5) is 0 Å². The molecule has 0 spiro atoms. The van der Waals surface area contributed by atoms with E-state index in [0.717, 1.165) is 55.7 Å². The third-order valence-corrected chi connectivity index (χ3v) is 7.56. The zero-order valence-corrected chi connectivity index (χ0v) is 28.3. The molecular formula is C40H48O9. The van der Waals surface area contributed by atoms with Gasteiger partial charge in [-0.1, -0.05) is 49.0 Å². The molecule has 0 aliphatic heterocycles. The number of carbonyl (C=O) groups excluding carboxylic acids is 4. The summed E-state index contributed by atoms with van der Waals surface area (Å²) in [5, 5.41) is 0. The first kappa shape index (κ1) is 38.5. The SMILES string of the molecule is C=CC(=O)OCCCCCC(=O)OCCCCCC(=O)OCCCCCCOc1ccc(C(=O)Oc2ccc(-c3ccccc3)cc2)cc1. The van der Waals surface area contributed by atoms with E-state index in [-0.39, 0.29) is 11.9 Å². The summed E-state index contributed by atoms with van der Waals surface area (Å²) in [6.45, 7) is 4.97. The Hall–Kier alpha value is -4.92. The minimum atomic E-state index is -0.437. The topological polar surface area (TPSA) is 114 Å². The maximum atomic E-state index is 12.6. The molecule has 0 bridgehead atoms. The van der Waals surface area contributed by atoms with Gasteiger partial charge in [-0.15, -0.1) is 0 Å². The molecule has 0 atom stereocenters. The lowest BCUT2D eigenvalue weighted by Crippen LogP contribution is -2.08. The highest BCUT2D eigenvalue weighted by Gasteiger charge is 2.10. The van der Waals surface area contributed by atoms with Gasteiger partial charge in [0, 0.05) is 18.9 Å². The molecule has 0 aromatic heterocycles. The molecule has 49 heavy (non-hydrogen) atoms. The summed E-state index contributed by atoms with van der Waals surface area (Å²) in [7, 11) is 0. The average Bonchev–Trinajstić information content (AvgIpc) is 3.13. The second-order valence-electron chi connectivity index (χ2n) is 11.5. The van der Waals surface area contributed by atoms with Crippen molar-refractivity contribution >= 4 is 23.9 Å². The molecule has 9 heteroatoms. The Morgan fingerprint density at radius 3 is 1.57 bits per heavy atom. The van der Waals surface area contributed by atoms with Crippen LogP contribution in [0.3, 0.4) is 0 Å². The van der Waals surface area contributed by atoms with Gasteiger partial charge >= 0.3 is 23.9 Å². The molecule has 0 heterocycles. The molecule has 3 aromatic carbocycles. The van der Waals surface area contributed by atoms with Crippen LogP contribution >= 0.6 is 0 Å². The van der Waals surface area contributed by atoms with Crippen LogP contribution in [-0.4, -0.2) is 50.3 Å². The number of hydrogen-bond acceptors (Lipinski definition) is 9. The van der Waals surface area contributed by atoms with Crippen LogP contribution in [0.5, 0.6) is 11.5 Å². The normalized spacial score (nSPS) is 10.5. The van der Waals surface area contributed by atoms with Gasteiger partial charge in [-0.05, 0) is 112 Å². The molecule has 3 rings (SSSR count). The minimum Gasteiger partial charge on any atom is -0.494 e. The van der Waals surface area contributed by atoms with E-state index in [1.165, 1.54) is 0 Å². The van der Waals surface area contributed by atoms with E-state index in [1.54, 1.807) is 36.4 Å². The third-order valence-electron chi connectivity index (χ3n) is 7.56. The average molecular weight is 673 g/mol. The predicted octanol–water partition coefficient (Wildman–Crippen LogP) is 8.45. The van der Waals surface area contributed by atoms with Crippen molar-refractivity contribution in [2.24, 2.45) is 0 Å². The molecule has 9 nitrogen and oxygen atoms in total. The largest absolute Gasteiger partial charge is 0.494 e. The van der Waals surface area contributed by atoms with Crippen molar-refractivity contribution in [3.63, 3.8) is 0 Å². The van der Waals surface area contributed by atoms with E-state index in [2.05, 4.69) is 6.58 Å². The standard InChI is InChI=1S/C40H48O9/c1-2-37(41)46-29-14-6-10-18-39(43)48-31-15-7-11-19-38(42)47-30-13-4-3-12-28-45-35-24-22-34(23-25-35)40(44)49-36-26-20-33(21-27-36)32-16-8-5-9-17-32/h2,5,8-9,16-17,20-27H,1,3-4,6-7,10-15,18-19,28-31H2. The second-order valence-corrected chi connectivity index (χ2v) is 11.5. The third kappa shape index (κ3) is 16.6. The van der Waals surface area contributed by atoms with Crippen LogP contribution < -0.4 is 9.47 Å². The molecule has 0 amide bonds. The summed E-state index contributed by atoms with van der Waals surface area (Å²) >= 11 is 0. The Bertz CT molecular complexity index is 1420. The van der Waals surface area contributed by atoms with Gasteiger partial charge in [-0.2, -0.15) is 0 Å². The summed E-state index contributed by atoms with van der Waals surface area (Å²) in [5.41, 5.74) is 2.60. The van der Waals surface area contributed by atoms with Crippen LogP contribution in [0.25, 0.3) is 11.1 Å². The summed E-state index contributed by atoms with van der Waals surface area (Å²) in [6.07, 6.45) is 9.74. The highest BCUT2D eigenvalue weighted by molar-refractivity contribution is 5.91. The molecule has 0 aliphatic carbocycles. The smallest absolute Gasteiger partial charge is 0.343 e. The fraction of sp³-hybridized carbons (Fsp3) is 0.400. The number of esters is 4. The molecule has 0 aliphatic rings. The van der Waals surface area contributed by atoms with Gasteiger partial charge < -0.3 is 23.7 Å². The molecule has 0 radical (unpaired) electrons. The molecule has 3 aromatic rings. The van der Waals surface area contributed by atoms with Gasteiger partial charge in [0.05, 0.1) is 32.0 Å². The van der Waals surface area contributed by atoms with Gasteiger partial charge in [0.1, 0.15) is 11.5 Å². The van der Waals surface area contributed by atoms with E-state index in [1.807, 2.05) is 42.5 Å². The summed E-state index contributed by atoms with van der Waals surface area (Å²) in [4.78, 5) is 47.2. The van der Waals surface area contributed by atoms with Crippen molar-refractivity contribution in [2.75, 3.05) is 26.4 Å². The first-order valence-electron chi connectivity index (χ1n) is 17.2.